The summed E-state index contributed by atoms with van der Waals surface area (Å²) in [5, 5.41) is 2.19. The van der Waals surface area contributed by atoms with Crippen LogP contribution in [0.2, 0.25) is 0 Å². The Balaban J connectivity index is 1.46. The van der Waals surface area contributed by atoms with Gasteiger partial charge in [-0.05, 0) is 67.5 Å². The van der Waals surface area contributed by atoms with E-state index in [0.717, 1.165) is 39.2 Å². The maximum Gasteiger partial charge on any atom is 0.227 e. The van der Waals surface area contributed by atoms with E-state index < -0.39 is 0 Å². The second-order valence-electron chi connectivity index (χ2n) is 9.56. The Morgan fingerprint density at radius 1 is 0.879 bits per heavy atom. The van der Waals surface area contributed by atoms with E-state index in [1.807, 2.05) is 13.0 Å². The van der Waals surface area contributed by atoms with Crippen LogP contribution >= 0.6 is 0 Å². The molecule has 0 saturated heterocycles. The van der Waals surface area contributed by atoms with Crippen LogP contribution in [0.5, 0.6) is 0 Å². The molecule has 3 heteroatoms. The molecule has 3 heterocycles. The first-order chi connectivity index (χ1) is 16.1. The summed E-state index contributed by atoms with van der Waals surface area (Å²) in [6, 6.07) is 22.1. The predicted octanol–water partition coefficient (Wildman–Crippen LogP) is 7.41. The fraction of sp³-hybridized carbons (Fsp3) is 0.267. The molecule has 0 radical (unpaired) electrons. The third-order valence-electron chi connectivity index (χ3n) is 7.29. The van der Waals surface area contributed by atoms with Crippen molar-refractivity contribution in [2.75, 3.05) is 0 Å². The summed E-state index contributed by atoms with van der Waals surface area (Å²) in [5.74, 6) is 0.726. The van der Waals surface area contributed by atoms with E-state index >= 15 is 0 Å². The molecule has 3 nitrogen and oxygen atoms in total. The number of furan rings is 1. The summed E-state index contributed by atoms with van der Waals surface area (Å²) in [4.78, 5) is 4.62. The van der Waals surface area contributed by atoms with E-state index in [0.29, 0.717) is 5.71 Å². The second-order valence-corrected chi connectivity index (χ2v) is 9.56. The van der Waals surface area contributed by atoms with Gasteiger partial charge < -0.3 is 4.42 Å². The molecule has 0 N–H and O–H groups in total. The fourth-order valence-electron chi connectivity index (χ4n) is 5.50. The summed E-state index contributed by atoms with van der Waals surface area (Å²) >= 11 is 0. The van der Waals surface area contributed by atoms with Crippen molar-refractivity contribution >= 4 is 22.1 Å². The average molecular weight is 434 g/mol. The van der Waals surface area contributed by atoms with Crippen molar-refractivity contribution in [2.24, 2.45) is 7.05 Å². The number of rotatable bonds is 3. The maximum atomic E-state index is 6.32. The standard InChI is InChI=1S/C30H29N2O/c1-19-11-14-25-26-15-12-20(2)31-30(26)33-29(25)28(19)27-16-13-24(18-32(27)3)23-10-6-9-22(17-23)21-7-4-5-8-21/h6,9-18,21H,4-5,7-8H2,1-3H3/q+1. The first-order valence-electron chi connectivity index (χ1n) is 12.0. The summed E-state index contributed by atoms with van der Waals surface area (Å²) in [5.41, 5.74) is 10.1. The van der Waals surface area contributed by atoms with E-state index in [1.165, 1.54) is 47.9 Å². The molecule has 1 aliphatic carbocycles. The monoisotopic (exact) mass is 433 g/mol. The smallest absolute Gasteiger partial charge is 0.227 e. The van der Waals surface area contributed by atoms with Gasteiger partial charge in [-0.15, -0.1) is 0 Å². The molecule has 0 unspecified atom stereocenters. The van der Waals surface area contributed by atoms with E-state index in [1.54, 1.807) is 0 Å². The number of fused-ring (bicyclic) bond motifs is 3. The van der Waals surface area contributed by atoms with Crippen LogP contribution in [-0.2, 0) is 7.05 Å². The number of hydrogen-bond donors (Lipinski definition) is 0. The van der Waals surface area contributed by atoms with Gasteiger partial charge in [-0.2, -0.15) is 0 Å². The van der Waals surface area contributed by atoms with E-state index in [2.05, 4.69) is 84.3 Å². The molecule has 164 valence electrons. The van der Waals surface area contributed by atoms with Crippen LogP contribution in [0.25, 0.3) is 44.5 Å². The Bertz CT molecular complexity index is 1510. The Hall–Kier alpha value is -3.46. The minimum absolute atomic E-state index is 0.708. The number of aryl methyl sites for hydroxylation is 3. The molecule has 0 aliphatic heterocycles. The molecule has 0 amide bonds. The number of nitrogens with zero attached hydrogens (tertiary/aromatic N) is 2. The third kappa shape index (κ3) is 3.43. The predicted molar refractivity (Wildman–Crippen MR) is 134 cm³/mol. The summed E-state index contributed by atoms with van der Waals surface area (Å²) in [7, 11) is 2.13. The van der Waals surface area contributed by atoms with E-state index in [9.17, 15) is 0 Å². The lowest BCUT2D eigenvalue weighted by Gasteiger charge is -2.11. The van der Waals surface area contributed by atoms with Crippen molar-refractivity contribution in [2.45, 2.75) is 45.4 Å². The molecule has 5 aromatic rings. The molecule has 3 aromatic heterocycles. The van der Waals surface area contributed by atoms with E-state index in [-0.39, 0.29) is 0 Å². The number of hydrogen-bond acceptors (Lipinski definition) is 2. The van der Waals surface area contributed by atoms with Crippen LogP contribution in [0.3, 0.4) is 0 Å². The molecule has 0 atom stereocenters. The maximum absolute atomic E-state index is 6.32. The van der Waals surface area contributed by atoms with Gasteiger partial charge in [0.1, 0.15) is 7.05 Å². The highest BCUT2D eigenvalue weighted by Gasteiger charge is 2.22. The molecule has 33 heavy (non-hydrogen) atoms. The molecule has 1 saturated carbocycles. The first-order valence-corrected chi connectivity index (χ1v) is 12.0. The van der Waals surface area contributed by atoms with Crippen molar-refractivity contribution in [3.8, 4) is 22.4 Å². The van der Waals surface area contributed by atoms with Gasteiger partial charge in [0, 0.05) is 28.1 Å². The van der Waals surface area contributed by atoms with Crippen LogP contribution in [0.1, 0.15) is 48.4 Å². The summed E-state index contributed by atoms with van der Waals surface area (Å²) in [6.45, 7) is 4.15. The first kappa shape index (κ1) is 20.2. The van der Waals surface area contributed by atoms with Crippen LogP contribution in [0.4, 0.5) is 0 Å². The molecule has 1 fully saturated rings. The van der Waals surface area contributed by atoms with Crippen LogP contribution in [-0.4, -0.2) is 4.98 Å². The molecular formula is C30H29N2O+. The van der Waals surface area contributed by atoms with Gasteiger partial charge >= 0.3 is 0 Å². The van der Waals surface area contributed by atoms with Gasteiger partial charge in [0.15, 0.2) is 11.8 Å². The minimum Gasteiger partial charge on any atom is -0.437 e. The average Bonchev–Trinajstić information content (AvgIpc) is 3.47. The fourth-order valence-corrected chi connectivity index (χ4v) is 5.50. The Morgan fingerprint density at radius 3 is 2.52 bits per heavy atom. The van der Waals surface area contributed by atoms with Gasteiger partial charge in [0.05, 0.1) is 5.56 Å². The lowest BCUT2D eigenvalue weighted by molar-refractivity contribution is -0.659. The van der Waals surface area contributed by atoms with Gasteiger partial charge in [0.25, 0.3) is 0 Å². The highest BCUT2D eigenvalue weighted by Crippen LogP contribution is 2.38. The highest BCUT2D eigenvalue weighted by atomic mass is 16.3. The number of aromatic nitrogens is 2. The zero-order valence-electron chi connectivity index (χ0n) is 19.6. The molecule has 0 bridgehead atoms. The minimum atomic E-state index is 0.708. The molecule has 0 spiro atoms. The topological polar surface area (TPSA) is 29.9 Å². The van der Waals surface area contributed by atoms with Crippen molar-refractivity contribution in [1.29, 1.82) is 0 Å². The molecule has 2 aromatic carbocycles. The highest BCUT2D eigenvalue weighted by molar-refractivity contribution is 6.08. The SMILES string of the molecule is Cc1ccc2c(n1)oc1c(-c3ccc(-c4cccc(C5CCCC5)c4)c[n+]3C)c(C)ccc12. The lowest BCUT2D eigenvalue weighted by Crippen LogP contribution is -2.31. The van der Waals surface area contributed by atoms with Gasteiger partial charge in [0.2, 0.25) is 11.4 Å². The van der Waals surface area contributed by atoms with E-state index in [4.69, 9.17) is 4.42 Å². The van der Waals surface area contributed by atoms with Crippen molar-refractivity contribution < 1.29 is 8.98 Å². The summed E-state index contributed by atoms with van der Waals surface area (Å²) < 4.78 is 8.55. The molecular weight excluding hydrogens is 404 g/mol. The van der Waals surface area contributed by atoms with Gasteiger partial charge in [-0.25, -0.2) is 9.55 Å². The van der Waals surface area contributed by atoms with Crippen molar-refractivity contribution in [1.82, 2.24) is 4.98 Å². The zero-order chi connectivity index (χ0) is 22.5. The number of pyridine rings is 2. The van der Waals surface area contributed by atoms with Gasteiger partial charge in [-0.3, -0.25) is 0 Å². The summed E-state index contributed by atoms with van der Waals surface area (Å²) in [6.07, 6.45) is 7.61. The Labute approximate surface area is 194 Å². The van der Waals surface area contributed by atoms with Crippen LogP contribution in [0, 0.1) is 13.8 Å². The Kier molecular flexibility index (Phi) is 4.79. The Morgan fingerprint density at radius 2 is 1.70 bits per heavy atom. The van der Waals surface area contributed by atoms with Crippen LogP contribution in [0.15, 0.2) is 71.3 Å². The number of benzene rings is 2. The normalized spacial score (nSPS) is 14.5. The zero-order valence-corrected chi connectivity index (χ0v) is 19.6. The lowest BCUT2D eigenvalue weighted by atomic mass is 9.94. The van der Waals surface area contributed by atoms with Crippen molar-refractivity contribution in [3.63, 3.8) is 0 Å². The van der Waals surface area contributed by atoms with Gasteiger partial charge in [-0.1, -0.05) is 49.2 Å². The molecule has 6 rings (SSSR count). The van der Waals surface area contributed by atoms with Crippen molar-refractivity contribution in [3.05, 3.63) is 83.7 Å². The largest absolute Gasteiger partial charge is 0.437 e. The second kappa shape index (κ2) is 7.84. The molecule has 1 aliphatic rings. The third-order valence-corrected chi connectivity index (χ3v) is 7.29. The quantitative estimate of drug-likeness (QED) is 0.277. The van der Waals surface area contributed by atoms with Crippen LogP contribution < -0.4 is 4.57 Å².